The van der Waals surface area contributed by atoms with Crippen LogP contribution in [0.1, 0.15) is 11.1 Å². The van der Waals surface area contributed by atoms with Crippen LogP contribution in [-0.4, -0.2) is 13.2 Å². The third kappa shape index (κ3) is 3.25. The summed E-state index contributed by atoms with van der Waals surface area (Å²) < 4.78 is 5.49. The molecule has 0 radical (unpaired) electrons. The molecule has 0 aliphatic rings. The molecule has 0 aliphatic heterocycles. The maximum Gasteiger partial charge on any atom is 0.125 e. The van der Waals surface area contributed by atoms with Gasteiger partial charge in [0.05, 0.1) is 0 Å². The lowest BCUT2D eigenvalue weighted by Gasteiger charge is -2.10. The van der Waals surface area contributed by atoms with Gasteiger partial charge in [-0.25, -0.2) is 0 Å². The lowest BCUT2D eigenvalue weighted by Crippen LogP contribution is -3.00. The summed E-state index contributed by atoms with van der Waals surface area (Å²) in [5, 5.41) is 0. The van der Waals surface area contributed by atoms with Crippen molar-refractivity contribution < 1.29 is 17.1 Å². The number of ether oxygens (including phenoxy) is 1. The molecule has 0 atom stereocenters. The van der Waals surface area contributed by atoms with Crippen molar-refractivity contribution in [2.75, 3.05) is 13.2 Å². The zero-order chi connectivity index (χ0) is 8.97. The van der Waals surface area contributed by atoms with Crippen LogP contribution in [0.3, 0.4) is 0 Å². The van der Waals surface area contributed by atoms with Gasteiger partial charge in [0.25, 0.3) is 0 Å². The lowest BCUT2D eigenvalue weighted by molar-refractivity contribution is -0.00000303. The molecule has 0 aliphatic carbocycles. The summed E-state index contributed by atoms with van der Waals surface area (Å²) in [5.74, 6) is 0.975. The molecule has 0 fully saturated rings. The molecule has 0 spiro atoms. The van der Waals surface area contributed by atoms with Gasteiger partial charge in [0, 0.05) is 6.54 Å². The van der Waals surface area contributed by atoms with Crippen molar-refractivity contribution in [3.8, 4) is 5.75 Å². The number of benzene rings is 1. The molecule has 1 aromatic rings. The van der Waals surface area contributed by atoms with E-state index in [0.29, 0.717) is 13.2 Å². The van der Waals surface area contributed by atoms with Crippen LogP contribution in [-0.2, 0) is 0 Å². The van der Waals surface area contributed by atoms with Gasteiger partial charge < -0.3 is 22.9 Å². The van der Waals surface area contributed by atoms with E-state index < -0.39 is 0 Å². The molecular weight excluding hydrogens is 186 g/mol. The van der Waals surface area contributed by atoms with E-state index in [1.54, 1.807) is 0 Å². The number of nitrogens with two attached hydrogens (primary N) is 1. The molecule has 0 bridgehead atoms. The summed E-state index contributed by atoms with van der Waals surface area (Å²) >= 11 is 0. The van der Waals surface area contributed by atoms with Gasteiger partial charge in [-0.3, -0.25) is 0 Å². The molecule has 74 valence electrons. The Hall–Kier alpha value is -0.730. The minimum Gasteiger partial charge on any atom is -1.00 e. The first-order chi connectivity index (χ1) is 5.75. The van der Waals surface area contributed by atoms with E-state index >= 15 is 0 Å². The summed E-state index contributed by atoms with van der Waals surface area (Å²) in [7, 11) is 0. The van der Waals surface area contributed by atoms with Crippen molar-refractivity contribution in [1.82, 2.24) is 0 Å². The molecular formula is C10H15ClNO-. The normalized spacial score (nSPS) is 9.15. The number of hydrogen-bond donors (Lipinski definition) is 1. The Labute approximate surface area is 85.5 Å². The fourth-order valence-electron chi connectivity index (χ4n) is 1.19. The Morgan fingerprint density at radius 3 is 2.23 bits per heavy atom. The third-order valence-corrected chi connectivity index (χ3v) is 1.77. The van der Waals surface area contributed by atoms with E-state index in [-0.39, 0.29) is 12.4 Å². The van der Waals surface area contributed by atoms with Crippen LogP contribution in [0.15, 0.2) is 18.2 Å². The van der Waals surface area contributed by atoms with Crippen molar-refractivity contribution >= 4 is 0 Å². The summed E-state index contributed by atoms with van der Waals surface area (Å²) in [6.45, 7) is 5.23. The maximum atomic E-state index is 5.49. The van der Waals surface area contributed by atoms with Crippen LogP contribution in [0.25, 0.3) is 0 Å². The van der Waals surface area contributed by atoms with Crippen LogP contribution in [0, 0.1) is 13.8 Å². The van der Waals surface area contributed by atoms with Gasteiger partial charge >= 0.3 is 0 Å². The van der Waals surface area contributed by atoms with Gasteiger partial charge in [-0.2, -0.15) is 0 Å². The zero-order valence-electron chi connectivity index (χ0n) is 8.01. The van der Waals surface area contributed by atoms with Crippen LogP contribution in [0.2, 0.25) is 0 Å². The molecule has 0 aromatic heterocycles. The first-order valence-corrected chi connectivity index (χ1v) is 4.15. The molecule has 0 heterocycles. The standard InChI is InChI=1S/C10H15NO.ClH/c1-8-4-3-5-9(2)10(8)12-7-6-11;/h3-5H,6-7,11H2,1-2H3;1H/p-1. The Bertz CT molecular complexity index is 243. The smallest absolute Gasteiger partial charge is 0.125 e. The topological polar surface area (TPSA) is 35.2 Å². The highest BCUT2D eigenvalue weighted by Gasteiger charge is 2.00. The van der Waals surface area contributed by atoms with Gasteiger partial charge in [0.2, 0.25) is 0 Å². The van der Waals surface area contributed by atoms with Gasteiger partial charge in [-0.15, -0.1) is 0 Å². The Morgan fingerprint density at radius 1 is 1.23 bits per heavy atom. The number of aryl methyl sites for hydroxylation is 2. The van der Waals surface area contributed by atoms with E-state index in [1.165, 1.54) is 11.1 Å². The molecule has 3 heteroatoms. The highest BCUT2D eigenvalue weighted by molar-refractivity contribution is 5.39. The summed E-state index contributed by atoms with van der Waals surface area (Å²) in [6.07, 6.45) is 0. The average Bonchev–Trinajstić information content (AvgIpc) is 2.04. The zero-order valence-corrected chi connectivity index (χ0v) is 8.77. The molecule has 0 saturated heterocycles. The molecule has 0 amide bonds. The summed E-state index contributed by atoms with van der Waals surface area (Å²) in [4.78, 5) is 0. The minimum atomic E-state index is 0. The molecule has 2 nitrogen and oxygen atoms in total. The molecule has 0 unspecified atom stereocenters. The predicted octanol–water partition coefficient (Wildman–Crippen LogP) is -1.36. The largest absolute Gasteiger partial charge is 1.00 e. The van der Waals surface area contributed by atoms with Gasteiger partial charge in [0.15, 0.2) is 0 Å². The fourth-order valence-corrected chi connectivity index (χ4v) is 1.19. The fraction of sp³-hybridized carbons (Fsp3) is 0.400. The quantitative estimate of drug-likeness (QED) is 0.655. The SMILES string of the molecule is Cc1cccc(C)c1OCCN.[Cl-]. The third-order valence-electron chi connectivity index (χ3n) is 1.77. The van der Waals surface area contributed by atoms with E-state index in [9.17, 15) is 0 Å². The average molecular weight is 201 g/mol. The second kappa shape index (κ2) is 5.84. The lowest BCUT2D eigenvalue weighted by atomic mass is 10.1. The van der Waals surface area contributed by atoms with Crippen LogP contribution in [0.5, 0.6) is 5.75 Å². The van der Waals surface area contributed by atoms with Gasteiger partial charge in [0.1, 0.15) is 12.4 Å². The van der Waals surface area contributed by atoms with E-state index in [4.69, 9.17) is 10.5 Å². The molecule has 0 saturated carbocycles. The second-order valence-corrected chi connectivity index (χ2v) is 2.86. The molecule has 2 N–H and O–H groups in total. The number of hydrogen-bond acceptors (Lipinski definition) is 2. The Morgan fingerprint density at radius 2 is 1.77 bits per heavy atom. The molecule has 13 heavy (non-hydrogen) atoms. The molecule has 1 aromatic carbocycles. The number of halogens is 1. The van der Waals surface area contributed by atoms with E-state index in [2.05, 4.69) is 0 Å². The van der Waals surface area contributed by atoms with Gasteiger partial charge in [-0.1, -0.05) is 18.2 Å². The van der Waals surface area contributed by atoms with Crippen molar-refractivity contribution in [2.24, 2.45) is 5.73 Å². The van der Waals surface area contributed by atoms with E-state index in [0.717, 1.165) is 5.75 Å². The maximum absolute atomic E-state index is 5.49. The first-order valence-electron chi connectivity index (χ1n) is 4.15. The summed E-state index contributed by atoms with van der Waals surface area (Å²) in [6, 6.07) is 6.11. The Kier molecular flexibility index (Phi) is 5.51. The predicted molar refractivity (Wildman–Crippen MR) is 50.5 cm³/mol. The second-order valence-electron chi connectivity index (χ2n) is 2.86. The number of para-hydroxylation sites is 1. The van der Waals surface area contributed by atoms with Crippen LogP contribution < -0.4 is 22.9 Å². The van der Waals surface area contributed by atoms with Crippen LogP contribution in [0.4, 0.5) is 0 Å². The van der Waals surface area contributed by atoms with Crippen LogP contribution >= 0.6 is 0 Å². The van der Waals surface area contributed by atoms with Crippen molar-refractivity contribution in [2.45, 2.75) is 13.8 Å². The van der Waals surface area contributed by atoms with Crippen molar-refractivity contribution in [1.29, 1.82) is 0 Å². The van der Waals surface area contributed by atoms with Crippen molar-refractivity contribution in [3.63, 3.8) is 0 Å². The highest BCUT2D eigenvalue weighted by atomic mass is 35.5. The van der Waals surface area contributed by atoms with Gasteiger partial charge in [-0.05, 0) is 25.0 Å². The first kappa shape index (κ1) is 12.3. The minimum absolute atomic E-state index is 0. The highest BCUT2D eigenvalue weighted by Crippen LogP contribution is 2.21. The summed E-state index contributed by atoms with van der Waals surface area (Å²) in [5.41, 5.74) is 7.69. The number of rotatable bonds is 3. The Balaban J connectivity index is 0.00000144. The van der Waals surface area contributed by atoms with E-state index in [1.807, 2.05) is 32.0 Å². The monoisotopic (exact) mass is 200 g/mol. The molecule has 1 rings (SSSR count). The van der Waals surface area contributed by atoms with Crippen molar-refractivity contribution in [3.05, 3.63) is 29.3 Å².